The predicted octanol–water partition coefficient (Wildman–Crippen LogP) is 0.387. The van der Waals surface area contributed by atoms with Crippen molar-refractivity contribution in [2.75, 3.05) is 26.9 Å². The zero-order valence-corrected chi connectivity index (χ0v) is 7.30. The first-order valence-corrected chi connectivity index (χ1v) is 4.06. The summed E-state index contributed by atoms with van der Waals surface area (Å²) in [5.74, 6) is 0. The SMILES string of the molecule is COCC1(CN)CCOC1C. The highest BCUT2D eigenvalue weighted by molar-refractivity contribution is 4.90. The van der Waals surface area contributed by atoms with E-state index in [9.17, 15) is 0 Å². The van der Waals surface area contributed by atoms with Crippen molar-refractivity contribution < 1.29 is 9.47 Å². The first-order chi connectivity index (χ1) is 5.25. The Bertz CT molecular complexity index is 129. The van der Waals surface area contributed by atoms with Gasteiger partial charge in [-0.25, -0.2) is 0 Å². The molecule has 1 heterocycles. The molecule has 1 aliphatic heterocycles. The van der Waals surface area contributed by atoms with Crippen molar-refractivity contribution in [1.82, 2.24) is 0 Å². The van der Waals surface area contributed by atoms with Crippen LogP contribution in [0.1, 0.15) is 13.3 Å². The molecule has 1 rings (SSSR count). The van der Waals surface area contributed by atoms with Crippen LogP contribution >= 0.6 is 0 Å². The molecule has 0 aromatic rings. The van der Waals surface area contributed by atoms with Crippen molar-refractivity contribution in [3.05, 3.63) is 0 Å². The molecule has 1 saturated heterocycles. The van der Waals surface area contributed by atoms with Crippen LogP contribution in [-0.2, 0) is 9.47 Å². The summed E-state index contributed by atoms with van der Waals surface area (Å²) in [6.07, 6.45) is 1.27. The van der Waals surface area contributed by atoms with Crippen LogP contribution in [0.3, 0.4) is 0 Å². The molecular weight excluding hydrogens is 142 g/mol. The monoisotopic (exact) mass is 159 g/mol. The van der Waals surface area contributed by atoms with Gasteiger partial charge in [0.25, 0.3) is 0 Å². The third-order valence-electron chi connectivity index (χ3n) is 2.67. The fourth-order valence-electron chi connectivity index (χ4n) is 1.62. The molecular formula is C8H17NO2. The molecule has 3 nitrogen and oxygen atoms in total. The Balaban J connectivity index is 2.57. The molecule has 0 spiro atoms. The van der Waals surface area contributed by atoms with E-state index < -0.39 is 0 Å². The standard InChI is InChI=1S/C8H17NO2/c1-7-8(5-9,6-10-2)3-4-11-7/h7H,3-6,9H2,1-2H3. The van der Waals surface area contributed by atoms with Crippen LogP contribution in [0, 0.1) is 5.41 Å². The maximum Gasteiger partial charge on any atom is 0.0638 e. The van der Waals surface area contributed by atoms with Gasteiger partial charge in [0.05, 0.1) is 12.7 Å². The Hall–Kier alpha value is -0.120. The lowest BCUT2D eigenvalue weighted by Gasteiger charge is -2.29. The lowest BCUT2D eigenvalue weighted by Crippen LogP contribution is -2.40. The average Bonchev–Trinajstić information content (AvgIpc) is 2.35. The summed E-state index contributed by atoms with van der Waals surface area (Å²) in [7, 11) is 1.71. The van der Waals surface area contributed by atoms with Crippen molar-refractivity contribution in [3.8, 4) is 0 Å². The van der Waals surface area contributed by atoms with Gasteiger partial charge in [-0.05, 0) is 13.3 Å². The first-order valence-electron chi connectivity index (χ1n) is 4.06. The van der Waals surface area contributed by atoms with E-state index in [1.165, 1.54) is 0 Å². The molecule has 0 saturated carbocycles. The van der Waals surface area contributed by atoms with E-state index in [2.05, 4.69) is 6.92 Å². The second-order valence-corrected chi connectivity index (χ2v) is 3.26. The van der Waals surface area contributed by atoms with Crippen LogP contribution in [0.25, 0.3) is 0 Å². The Morgan fingerprint density at radius 1 is 1.73 bits per heavy atom. The Kier molecular flexibility index (Phi) is 2.87. The van der Waals surface area contributed by atoms with E-state index in [0.717, 1.165) is 13.0 Å². The van der Waals surface area contributed by atoms with Crippen molar-refractivity contribution in [3.63, 3.8) is 0 Å². The summed E-state index contributed by atoms with van der Waals surface area (Å²) in [5, 5.41) is 0. The minimum absolute atomic E-state index is 0.0781. The van der Waals surface area contributed by atoms with Crippen molar-refractivity contribution >= 4 is 0 Å². The zero-order chi connectivity index (χ0) is 8.32. The molecule has 0 radical (unpaired) electrons. The minimum Gasteiger partial charge on any atom is -0.384 e. The zero-order valence-electron chi connectivity index (χ0n) is 7.30. The fourth-order valence-corrected chi connectivity index (χ4v) is 1.62. The van der Waals surface area contributed by atoms with E-state index in [1.54, 1.807) is 7.11 Å². The largest absolute Gasteiger partial charge is 0.384 e. The Morgan fingerprint density at radius 3 is 2.82 bits per heavy atom. The lowest BCUT2D eigenvalue weighted by atomic mass is 9.83. The number of hydrogen-bond donors (Lipinski definition) is 1. The second kappa shape index (κ2) is 3.52. The van der Waals surface area contributed by atoms with E-state index in [1.807, 2.05) is 0 Å². The van der Waals surface area contributed by atoms with Crippen LogP contribution in [-0.4, -0.2) is 33.0 Å². The van der Waals surface area contributed by atoms with Gasteiger partial charge in [-0.3, -0.25) is 0 Å². The summed E-state index contributed by atoms with van der Waals surface area (Å²) in [6.45, 7) is 4.26. The van der Waals surface area contributed by atoms with Gasteiger partial charge in [0, 0.05) is 25.7 Å². The summed E-state index contributed by atoms with van der Waals surface area (Å²) in [5.41, 5.74) is 5.76. The summed E-state index contributed by atoms with van der Waals surface area (Å²) < 4.78 is 10.6. The number of rotatable bonds is 3. The number of methoxy groups -OCH3 is 1. The van der Waals surface area contributed by atoms with Gasteiger partial charge in [-0.15, -0.1) is 0 Å². The lowest BCUT2D eigenvalue weighted by molar-refractivity contribution is 0.0157. The third-order valence-corrected chi connectivity index (χ3v) is 2.67. The van der Waals surface area contributed by atoms with Crippen LogP contribution < -0.4 is 5.73 Å². The molecule has 0 bridgehead atoms. The highest BCUT2D eigenvalue weighted by Crippen LogP contribution is 2.33. The van der Waals surface area contributed by atoms with Gasteiger partial charge in [0.2, 0.25) is 0 Å². The van der Waals surface area contributed by atoms with Gasteiger partial charge in [0.15, 0.2) is 0 Å². The molecule has 0 aromatic heterocycles. The van der Waals surface area contributed by atoms with Crippen molar-refractivity contribution in [2.24, 2.45) is 11.1 Å². The van der Waals surface area contributed by atoms with Gasteiger partial charge < -0.3 is 15.2 Å². The molecule has 1 fully saturated rings. The maximum atomic E-state index is 5.69. The second-order valence-electron chi connectivity index (χ2n) is 3.26. The predicted molar refractivity (Wildman–Crippen MR) is 43.4 cm³/mol. The van der Waals surface area contributed by atoms with Crippen LogP contribution in [0.4, 0.5) is 0 Å². The van der Waals surface area contributed by atoms with E-state index in [4.69, 9.17) is 15.2 Å². The molecule has 11 heavy (non-hydrogen) atoms. The molecule has 0 aliphatic carbocycles. The minimum atomic E-state index is 0.0781. The molecule has 1 aliphatic rings. The fraction of sp³-hybridized carbons (Fsp3) is 1.00. The molecule has 2 unspecified atom stereocenters. The normalized spacial score (nSPS) is 37.9. The molecule has 66 valence electrons. The molecule has 2 atom stereocenters. The third kappa shape index (κ3) is 1.55. The van der Waals surface area contributed by atoms with Crippen LogP contribution in [0.15, 0.2) is 0 Å². The summed E-state index contributed by atoms with van der Waals surface area (Å²) in [4.78, 5) is 0. The van der Waals surface area contributed by atoms with Gasteiger partial charge >= 0.3 is 0 Å². The number of hydrogen-bond acceptors (Lipinski definition) is 3. The van der Waals surface area contributed by atoms with E-state index >= 15 is 0 Å². The number of ether oxygens (including phenoxy) is 2. The van der Waals surface area contributed by atoms with Gasteiger partial charge in [-0.2, -0.15) is 0 Å². The van der Waals surface area contributed by atoms with E-state index in [-0.39, 0.29) is 11.5 Å². The number of nitrogens with two attached hydrogens (primary N) is 1. The average molecular weight is 159 g/mol. The molecule has 2 N–H and O–H groups in total. The van der Waals surface area contributed by atoms with Crippen LogP contribution in [0.2, 0.25) is 0 Å². The summed E-state index contributed by atoms with van der Waals surface area (Å²) in [6, 6.07) is 0. The smallest absolute Gasteiger partial charge is 0.0638 e. The molecule has 3 heteroatoms. The molecule has 0 amide bonds. The highest BCUT2D eigenvalue weighted by atomic mass is 16.5. The van der Waals surface area contributed by atoms with Crippen molar-refractivity contribution in [2.45, 2.75) is 19.4 Å². The van der Waals surface area contributed by atoms with E-state index in [0.29, 0.717) is 13.2 Å². The molecule has 0 aromatic carbocycles. The highest BCUT2D eigenvalue weighted by Gasteiger charge is 2.40. The maximum absolute atomic E-state index is 5.69. The Labute approximate surface area is 67.9 Å². The van der Waals surface area contributed by atoms with Gasteiger partial charge in [0.1, 0.15) is 0 Å². The quantitative estimate of drug-likeness (QED) is 0.647. The van der Waals surface area contributed by atoms with Crippen molar-refractivity contribution in [1.29, 1.82) is 0 Å². The van der Waals surface area contributed by atoms with Crippen LogP contribution in [0.5, 0.6) is 0 Å². The Morgan fingerprint density at radius 2 is 2.45 bits per heavy atom. The topological polar surface area (TPSA) is 44.5 Å². The summed E-state index contributed by atoms with van der Waals surface area (Å²) >= 11 is 0. The first kappa shape index (κ1) is 8.97. The van der Waals surface area contributed by atoms with Gasteiger partial charge in [-0.1, -0.05) is 0 Å².